The van der Waals surface area contributed by atoms with Crippen LogP contribution < -0.4 is 10.6 Å². The van der Waals surface area contributed by atoms with E-state index in [0.717, 1.165) is 16.7 Å². The first-order valence-corrected chi connectivity index (χ1v) is 6.75. The molecule has 0 atom stereocenters. The lowest BCUT2D eigenvalue weighted by Crippen LogP contribution is -2.12. The molecular weight excluding hydrogens is 306 g/mol. The van der Waals surface area contributed by atoms with Crippen LogP contribution in [0.5, 0.6) is 0 Å². The molecule has 0 unspecified atom stereocenters. The van der Waals surface area contributed by atoms with E-state index in [0.29, 0.717) is 11.4 Å². The quantitative estimate of drug-likeness (QED) is 0.906. The third-order valence-electron chi connectivity index (χ3n) is 2.46. The Hall–Kier alpha value is -1.88. The van der Waals surface area contributed by atoms with Gasteiger partial charge in [-0.2, -0.15) is 0 Å². The third kappa shape index (κ3) is 3.79. The van der Waals surface area contributed by atoms with Gasteiger partial charge in [-0.05, 0) is 37.3 Å². The molecule has 0 saturated heterocycles. The molecule has 0 aliphatic heterocycles. The molecule has 19 heavy (non-hydrogen) atoms. The van der Waals surface area contributed by atoms with E-state index in [1.54, 1.807) is 18.3 Å². The first kappa shape index (κ1) is 13.5. The summed E-state index contributed by atoms with van der Waals surface area (Å²) in [5.41, 5.74) is 1.33. The molecule has 0 aliphatic carbocycles. The molecule has 0 bridgehead atoms. The smallest absolute Gasteiger partial charge is 0.255 e. The van der Waals surface area contributed by atoms with Gasteiger partial charge in [-0.15, -0.1) is 0 Å². The van der Waals surface area contributed by atoms with Crippen molar-refractivity contribution in [3.63, 3.8) is 0 Å². The van der Waals surface area contributed by atoms with E-state index in [1.807, 2.05) is 31.2 Å². The molecule has 98 valence electrons. The van der Waals surface area contributed by atoms with Crippen LogP contribution in [0.4, 0.5) is 11.5 Å². The van der Waals surface area contributed by atoms with Gasteiger partial charge in [0.05, 0.1) is 0 Å². The van der Waals surface area contributed by atoms with Crippen molar-refractivity contribution in [2.75, 3.05) is 17.2 Å². The number of amides is 1. The Morgan fingerprint density at radius 3 is 2.89 bits per heavy atom. The highest BCUT2D eigenvalue weighted by atomic mass is 79.9. The minimum atomic E-state index is -0.153. The number of nitrogens with one attached hydrogen (secondary N) is 2. The second-order valence-electron chi connectivity index (χ2n) is 3.92. The maximum Gasteiger partial charge on any atom is 0.255 e. The van der Waals surface area contributed by atoms with Crippen molar-refractivity contribution in [1.29, 1.82) is 0 Å². The fourth-order valence-corrected chi connectivity index (χ4v) is 2.02. The van der Waals surface area contributed by atoms with Gasteiger partial charge in [0.25, 0.3) is 5.91 Å². The van der Waals surface area contributed by atoms with E-state index in [4.69, 9.17) is 0 Å². The van der Waals surface area contributed by atoms with Crippen LogP contribution in [-0.4, -0.2) is 17.4 Å². The highest BCUT2D eigenvalue weighted by Gasteiger charge is 2.07. The summed E-state index contributed by atoms with van der Waals surface area (Å²) in [7, 11) is 0. The SMILES string of the molecule is CCNc1cc(C(=O)Nc2cccc(Br)c2)ccn1. The zero-order chi connectivity index (χ0) is 13.7. The van der Waals surface area contributed by atoms with Gasteiger partial charge in [-0.25, -0.2) is 4.98 Å². The molecule has 1 aromatic heterocycles. The molecule has 2 rings (SSSR count). The molecule has 1 aromatic carbocycles. The zero-order valence-corrected chi connectivity index (χ0v) is 12.1. The second kappa shape index (κ2) is 6.33. The maximum atomic E-state index is 12.1. The van der Waals surface area contributed by atoms with Crippen LogP contribution in [0.2, 0.25) is 0 Å². The Morgan fingerprint density at radius 2 is 2.16 bits per heavy atom. The average Bonchev–Trinajstić information content (AvgIpc) is 2.39. The van der Waals surface area contributed by atoms with E-state index in [9.17, 15) is 4.79 Å². The topological polar surface area (TPSA) is 54.0 Å². The number of anilines is 2. The lowest BCUT2D eigenvalue weighted by Gasteiger charge is -2.07. The minimum Gasteiger partial charge on any atom is -0.370 e. The van der Waals surface area contributed by atoms with E-state index in [-0.39, 0.29) is 5.91 Å². The highest BCUT2D eigenvalue weighted by molar-refractivity contribution is 9.10. The monoisotopic (exact) mass is 319 g/mol. The molecule has 0 fully saturated rings. The largest absolute Gasteiger partial charge is 0.370 e. The Labute approximate surface area is 120 Å². The van der Waals surface area contributed by atoms with Gasteiger partial charge >= 0.3 is 0 Å². The number of aromatic nitrogens is 1. The fourth-order valence-electron chi connectivity index (χ4n) is 1.62. The number of rotatable bonds is 4. The predicted molar refractivity (Wildman–Crippen MR) is 80.5 cm³/mol. The molecule has 5 heteroatoms. The van der Waals surface area contributed by atoms with E-state index in [1.165, 1.54) is 0 Å². The molecule has 0 aliphatic rings. The summed E-state index contributed by atoms with van der Waals surface area (Å²) < 4.78 is 0.924. The number of halogens is 1. The Morgan fingerprint density at radius 1 is 1.32 bits per heavy atom. The van der Waals surface area contributed by atoms with Gasteiger partial charge in [0.2, 0.25) is 0 Å². The summed E-state index contributed by atoms with van der Waals surface area (Å²) >= 11 is 3.37. The first-order chi connectivity index (χ1) is 9.19. The van der Waals surface area contributed by atoms with Crippen molar-refractivity contribution >= 4 is 33.3 Å². The van der Waals surface area contributed by atoms with Crippen LogP contribution in [0.3, 0.4) is 0 Å². The molecule has 4 nitrogen and oxygen atoms in total. The predicted octanol–water partition coefficient (Wildman–Crippen LogP) is 3.53. The van der Waals surface area contributed by atoms with Crippen LogP contribution in [0, 0.1) is 0 Å². The van der Waals surface area contributed by atoms with Crippen LogP contribution in [0.1, 0.15) is 17.3 Å². The number of benzene rings is 1. The van der Waals surface area contributed by atoms with Crippen LogP contribution in [0.15, 0.2) is 47.1 Å². The number of nitrogens with zero attached hydrogens (tertiary/aromatic N) is 1. The molecule has 0 spiro atoms. The van der Waals surface area contributed by atoms with Crippen molar-refractivity contribution in [3.05, 3.63) is 52.6 Å². The summed E-state index contributed by atoms with van der Waals surface area (Å²) in [5.74, 6) is 0.545. The number of pyridine rings is 1. The molecule has 1 heterocycles. The third-order valence-corrected chi connectivity index (χ3v) is 2.96. The van der Waals surface area contributed by atoms with Gasteiger partial charge in [0, 0.05) is 28.5 Å². The average molecular weight is 320 g/mol. The van der Waals surface area contributed by atoms with Crippen molar-refractivity contribution in [2.45, 2.75) is 6.92 Å². The molecule has 0 radical (unpaired) electrons. The first-order valence-electron chi connectivity index (χ1n) is 5.96. The zero-order valence-electron chi connectivity index (χ0n) is 10.5. The molecular formula is C14H14BrN3O. The van der Waals surface area contributed by atoms with Gasteiger partial charge < -0.3 is 10.6 Å². The van der Waals surface area contributed by atoms with Gasteiger partial charge in [-0.1, -0.05) is 22.0 Å². The summed E-state index contributed by atoms with van der Waals surface area (Å²) in [5, 5.41) is 5.92. The van der Waals surface area contributed by atoms with Crippen LogP contribution in [0.25, 0.3) is 0 Å². The minimum absolute atomic E-state index is 0.153. The van der Waals surface area contributed by atoms with Crippen LogP contribution in [-0.2, 0) is 0 Å². The van der Waals surface area contributed by atoms with Crippen molar-refractivity contribution in [1.82, 2.24) is 4.98 Å². The Kier molecular flexibility index (Phi) is 4.52. The normalized spacial score (nSPS) is 10.0. The number of hydrogen-bond donors (Lipinski definition) is 2. The van der Waals surface area contributed by atoms with E-state index >= 15 is 0 Å². The Balaban J connectivity index is 2.13. The van der Waals surface area contributed by atoms with Gasteiger partial charge in [-0.3, -0.25) is 4.79 Å². The maximum absolute atomic E-state index is 12.1. The fraction of sp³-hybridized carbons (Fsp3) is 0.143. The number of hydrogen-bond acceptors (Lipinski definition) is 3. The lowest BCUT2D eigenvalue weighted by atomic mass is 10.2. The molecule has 2 N–H and O–H groups in total. The second-order valence-corrected chi connectivity index (χ2v) is 4.84. The molecule has 1 amide bonds. The lowest BCUT2D eigenvalue weighted by molar-refractivity contribution is 0.102. The van der Waals surface area contributed by atoms with Crippen LogP contribution >= 0.6 is 15.9 Å². The highest BCUT2D eigenvalue weighted by Crippen LogP contribution is 2.17. The van der Waals surface area contributed by atoms with Crippen molar-refractivity contribution in [2.24, 2.45) is 0 Å². The standard InChI is InChI=1S/C14H14BrN3O/c1-2-16-13-8-10(6-7-17-13)14(19)18-12-5-3-4-11(15)9-12/h3-9H,2H2,1H3,(H,16,17)(H,18,19). The molecule has 0 saturated carbocycles. The summed E-state index contributed by atoms with van der Waals surface area (Å²) in [6.07, 6.45) is 1.62. The Bertz CT molecular complexity index is 586. The van der Waals surface area contributed by atoms with Crippen molar-refractivity contribution in [3.8, 4) is 0 Å². The van der Waals surface area contributed by atoms with Gasteiger partial charge in [0.1, 0.15) is 5.82 Å². The number of carbonyl (C=O) groups is 1. The summed E-state index contributed by atoms with van der Waals surface area (Å²) in [4.78, 5) is 16.2. The summed E-state index contributed by atoms with van der Waals surface area (Å²) in [6, 6.07) is 10.9. The number of carbonyl (C=O) groups excluding carboxylic acids is 1. The van der Waals surface area contributed by atoms with Crippen molar-refractivity contribution < 1.29 is 4.79 Å². The summed E-state index contributed by atoms with van der Waals surface area (Å²) in [6.45, 7) is 2.75. The van der Waals surface area contributed by atoms with Gasteiger partial charge in [0.15, 0.2) is 0 Å². The van der Waals surface area contributed by atoms with E-state index < -0.39 is 0 Å². The molecule has 2 aromatic rings. The van der Waals surface area contributed by atoms with E-state index in [2.05, 4.69) is 31.5 Å².